The van der Waals surface area contributed by atoms with Crippen LogP contribution in [0.25, 0.3) is 0 Å². The number of aryl methyl sites for hydroxylation is 1. The number of benzene rings is 1. The predicted molar refractivity (Wildman–Crippen MR) is 113 cm³/mol. The largest absolute Gasteiger partial charge is 0.503 e. The van der Waals surface area contributed by atoms with E-state index in [9.17, 15) is 15.0 Å². The fourth-order valence-electron chi connectivity index (χ4n) is 4.18. The third-order valence-corrected chi connectivity index (χ3v) is 6.63. The van der Waals surface area contributed by atoms with Gasteiger partial charge in [0.1, 0.15) is 5.82 Å². The van der Waals surface area contributed by atoms with Crippen LogP contribution in [-0.4, -0.2) is 45.6 Å². The van der Waals surface area contributed by atoms with E-state index in [1.807, 2.05) is 25.3 Å². The summed E-state index contributed by atoms with van der Waals surface area (Å²) in [5.41, 5.74) is 2.42. The predicted octanol–water partition coefficient (Wildman–Crippen LogP) is 3.91. The van der Waals surface area contributed by atoms with E-state index in [0.29, 0.717) is 30.6 Å². The molecule has 1 amide bonds. The van der Waals surface area contributed by atoms with Gasteiger partial charge < -0.3 is 20.0 Å². The van der Waals surface area contributed by atoms with Crippen LogP contribution in [0.2, 0.25) is 10.0 Å². The van der Waals surface area contributed by atoms with Gasteiger partial charge in [-0.2, -0.15) is 0 Å². The Kier molecular flexibility index (Phi) is 5.49. The molecule has 0 aliphatic carbocycles. The van der Waals surface area contributed by atoms with Gasteiger partial charge in [-0.3, -0.25) is 4.79 Å². The Morgan fingerprint density at radius 2 is 1.86 bits per heavy atom. The number of nitrogens with zero attached hydrogens (tertiary/aromatic N) is 3. The standard InChI is InChI=1S/C21H23Cl2N3O3/c1-12-4-5-16(24-9-12)25-7-2-3-13(10-25)21(29)26-8-6-14-15(11-26)18(23)20(28)19(27)17(14)22/h4-5,9,13,27-28H,2-3,6-8,10-11H2,1H3. The van der Waals surface area contributed by atoms with Crippen molar-refractivity contribution in [3.05, 3.63) is 45.1 Å². The van der Waals surface area contributed by atoms with Gasteiger partial charge >= 0.3 is 0 Å². The van der Waals surface area contributed by atoms with Crippen molar-refractivity contribution >= 4 is 34.9 Å². The third kappa shape index (κ3) is 3.71. The van der Waals surface area contributed by atoms with Crippen LogP contribution in [0.4, 0.5) is 5.82 Å². The number of carbonyl (C=O) groups excluding carboxylic acids is 1. The summed E-state index contributed by atoms with van der Waals surface area (Å²) in [6, 6.07) is 4.03. The first-order chi connectivity index (χ1) is 13.9. The molecule has 0 radical (unpaired) electrons. The van der Waals surface area contributed by atoms with Crippen molar-refractivity contribution in [3.63, 3.8) is 0 Å². The maximum atomic E-state index is 13.2. The molecule has 8 heteroatoms. The summed E-state index contributed by atoms with van der Waals surface area (Å²) in [6.45, 7) is 4.30. The molecule has 154 valence electrons. The van der Waals surface area contributed by atoms with E-state index in [1.165, 1.54) is 0 Å². The summed E-state index contributed by atoms with van der Waals surface area (Å²) in [4.78, 5) is 21.7. The molecule has 2 aliphatic rings. The fraction of sp³-hybridized carbons (Fsp3) is 0.429. The van der Waals surface area contributed by atoms with Gasteiger partial charge in [0.25, 0.3) is 0 Å². The smallest absolute Gasteiger partial charge is 0.227 e. The molecule has 2 aromatic rings. The van der Waals surface area contributed by atoms with Crippen molar-refractivity contribution < 1.29 is 15.0 Å². The first kappa shape index (κ1) is 20.1. The molecular weight excluding hydrogens is 413 g/mol. The highest BCUT2D eigenvalue weighted by molar-refractivity contribution is 6.36. The van der Waals surface area contributed by atoms with Crippen LogP contribution in [0.5, 0.6) is 11.5 Å². The quantitative estimate of drug-likeness (QED) is 0.699. The van der Waals surface area contributed by atoms with Crippen LogP contribution in [0.1, 0.15) is 29.5 Å². The molecule has 1 aromatic carbocycles. The minimum Gasteiger partial charge on any atom is -0.503 e. The molecule has 1 fully saturated rings. The Bertz CT molecular complexity index is 949. The van der Waals surface area contributed by atoms with E-state index in [1.54, 1.807) is 4.90 Å². The maximum absolute atomic E-state index is 13.2. The van der Waals surface area contributed by atoms with Gasteiger partial charge in [-0.15, -0.1) is 0 Å². The molecule has 2 aliphatic heterocycles. The fourth-order valence-corrected chi connectivity index (χ4v) is 4.74. The molecule has 6 nitrogen and oxygen atoms in total. The van der Waals surface area contributed by atoms with E-state index >= 15 is 0 Å². The van der Waals surface area contributed by atoms with Gasteiger partial charge in [0.2, 0.25) is 5.91 Å². The molecule has 1 unspecified atom stereocenters. The second-order valence-corrected chi connectivity index (χ2v) is 8.53. The van der Waals surface area contributed by atoms with Crippen molar-refractivity contribution in [2.24, 2.45) is 5.92 Å². The first-order valence-electron chi connectivity index (χ1n) is 9.73. The molecule has 0 bridgehead atoms. The van der Waals surface area contributed by atoms with E-state index in [4.69, 9.17) is 23.2 Å². The number of aromatic hydroxyl groups is 2. The van der Waals surface area contributed by atoms with Crippen molar-refractivity contribution in [1.29, 1.82) is 0 Å². The molecule has 0 spiro atoms. The number of rotatable bonds is 2. The minimum atomic E-state index is -0.431. The van der Waals surface area contributed by atoms with Gasteiger partial charge in [-0.25, -0.2) is 4.98 Å². The van der Waals surface area contributed by atoms with Crippen LogP contribution >= 0.6 is 23.2 Å². The number of halogens is 2. The molecule has 3 heterocycles. The van der Waals surface area contributed by atoms with E-state index < -0.39 is 11.5 Å². The highest BCUT2D eigenvalue weighted by Gasteiger charge is 2.34. The normalized spacial score (nSPS) is 19.2. The van der Waals surface area contributed by atoms with Crippen LogP contribution in [0.15, 0.2) is 18.3 Å². The van der Waals surface area contributed by atoms with Crippen LogP contribution in [0.3, 0.4) is 0 Å². The third-order valence-electron chi connectivity index (χ3n) is 5.82. The number of pyridine rings is 1. The number of amides is 1. The highest BCUT2D eigenvalue weighted by atomic mass is 35.5. The van der Waals surface area contributed by atoms with Crippen LogP contribution in [0, 0.1) is 12.8 Å². The van der Waals surface area contributed by atoms with Gasteiger partial charge in [-0.1, -0.05) is 29.3 Å². The maximum Gasteiger partial charge on any atom is 0.227 e. The Morgan fingerprint density at radius 3 is 2.55 bits per heavy atom. The lowest BCUT2D eigenvalue weighted by atomic mass is 9.93. The van der Waals surface area contributed by atoms with Crippen LogP contribution < -0.4 is 4.90 Å². The Balaban J connectivity index is 1.51. The molecule has 0 saturated carbocycles. The topological polar surface area (TPSA) is 76.9 Å². The molecule has 1 saturated heterocycles. The van der Waals surface area contributed by atoms with Gasteiger partial charge in [0, 0.05) is 32.4 Å². The van der Waals surface area contributed by atoms with Crippen molar-refractivity contribution in [1.82, 2.24) is 9.88 Å². The number of fused-ring (bicyclic) bond motifs is 1. The molecule has 2 N–H and O–H groups in total. The monoisotopic (exact) mass is 435 g/mol. The average Bonchev–Trinajstić information content (AvgIpc) is 2.76. The number of phenolic OH excluding ortho intramolecular Hbond substituents is 2. The molecule has 29 heavy (non-hydrogen) atoms. The van der Waals surface area contributed by atoms with Crippen molar-refractivity contribution in [2.75, 3.05) is 24.5 Å². The number of aromatic nitrogens is 1. The van der Waals surface area contributed by atoms with Crippen LogP contribution in [-0.2, 0) is 17.8 Å². The molecule has 1 atom stereocenters. The zero-order valence-electron chi connectivity index (χ0n) is 16.2. The first-order valence-corrected chi connectivity index (χ1v) is 10.5. The summed E-state index contributed by atoms with van der Waals surface area (Å²) in [5.74, 6) is 0.0237. The van der Waals surface area contributed by atoms with E-state index in [-0.39, 0.29) is 28.4 Å². The summed E-state index contributed by atoms with van der Waals surface area (Å²) in [5, 5.41) is 20.1. The second kappa shape index (κ2) is 7.92. The summed E-state index contributed by atoms with van der Waals surface area (Å²) < 4.78 is 0. The van der Waals surface area contributed by atoms with Gasteiger partial charge in [0.15, 0.2) is 11.5 Å². The number of carbonyl (C=O) groups is 1. The Morgan fingerprint density at radius 1 is 1.14 bits per heavy atom. The molecular formula is C21H23Cl2N3O3. The molecule has 1 aromatic heterocycles. The number of piperidine rings is 1. The zero-order chi connectivity index (χ0) is 20.7. The number of phenols is 2. The molecule has 4 rings (SSSR count). The zero-order valence-corrected chi connectivity index (χ0v) is 17.7. The number of hydrogen-bond acceptors (Lipinski definition) is 5. The number of anilines is 1. The Hall–Kier alpha value is -2.18. The average molecular weight is 436 g/mol. The van der Waals surface area contributed by atoms with Gasteiger partial charge in [-0.05, 0) is 48.9 Å². The summed E-state index contributed by atoms with van der Waals surface area (Å²) >= 11 is 12.4. The van der Waals surface area contributed by atoms with E-state index in [2.05, 4.69) is 9.88 Å². The van der Waals surface area contributed by atoms with Crippen molar-refractivity contribution in [2.45, 2.75) is 32.7 Å². The SMILES string of the molecule is Cc1ccc(N2CCCC(C(=O)N3CCc4c(Cl)c(O)c(O)c(Cl)c4C3)C2)nc1. The lowest BCUT2D eigenvalue weighted by molar-refractivity contribution is -0.136. The second-order valence-electron chi connectivity index (χ2n) is 7.77. The lowest BCUT2D eigenvalue weighted by Gasteiger charge is -2.37. The van der Waals surface area contributed by atoms with E-state index in [0.717, 1.165) is 30.8 Å². The Labute approximate surface area is 179 Å². The summed E-state index contributed by atoms with van der Waals surface area (Å²) in [6.07, 6.45) is 4.09. The highest BCUT2D eigenvalue weighted by Crippen LogP contribution is 2.46. The minimum absolute atomic E-state index is 0.0635. The van der Waals surface area contributed by atoms with Gasteiger partial charge in [0.05, 0.1) is 16.0 Å². The number of hydrogen-bond donors (Lipinski definition) is 2. The summed E-state index contributed by atoms with van der Waals surface area (Å²) in [7, 11) is 0. The lowest BCUT2D eigenvalue weighted by Crippen LogP contribution is -2.46. The van der Waals surface area contributed by atoms with Crippen molar-refractivity contribution in [3.8, 4) is 11.5 Å².